The van der Waals surface area contributed by atoms with Crippen LogP contribution in [0, 0.1) is 0 Å². The fourth-order valence-electron chi connectivity index (χ4n) is 3.67. The summed E-state index contributed by atoms with van der Waals surface area (Å²) in [5, 5.41) is 10.1. The maximum atomic E-state index is 12.8. The smallest absolute Gasteiger partial charge is 0.274 e. The van der Waals surface area contributed by atoms with Gasteiger partial charge in [-0.1, -0.05) is 30.3 Å². The molecule has 9 nitrogen and oxygen atoms in total. The quantitative estimate of drug-likeness (QED) is 0.554. The van der Waals surface area contributed by atoms with Gasteiger partial charge in [-0.15, -0.1) is 0 Å². The summed E-state index contributed by atoms with van der Waals surface area (Å²) in [6, 6.07) is 15.4. The van der Waals surface area contributed by atoms with Gasteiger partial charge in [0.15, 0.2) is 24.0 Å². The molecule has 0 atom stereocenters. The molecule has 172 valence electrons. The predicted molar refractivity (Wildman–Crippen MR) is 121 cm³/mol. The Kier molecular flexibility index (Phi) is 6.80. The predicted octanol–water partition coefficient (Wildman–Crippen LogP) is 2.19. The van der Waals surface area contributed by atoms with Crippen LogP contribution in [0.3, 0.4) is 0 Å². The topological polar surface area (TPSA) is 104 Å². The van der Waals surface area contributed by atoms with E-state index < -0.39 is 0 Å². The molecule has 1 aromatic heterocycles. The van der Waals surface area contributed by atoms with Crippen LogP contribution >= 0.6 is 0 Å². The van der Waals surface area contributed by atoms with Crippen molar-refractivity contribution in [2.24, 2.45) is 0 Å². The second kappa shape index (κ2) is 10.1. The summed E-state index contributed by atoms with van der Waals surface area (Å²) in [5.74, 6) is 1.83. The van der Waals surface area contributed by atoms with Crippen molar-refractivity contribution in [2.45, 2.75) is 0 Å². The van der Waals surface area contributed by atoms with Gasteiger partial charge in [-0.05, 0) is 18.2 Å². The SMILES string of the molecule is CN1COC(c2c[nH]c3ccccc23)=C1C(=O)N(CC=O)CCO.c1ccc2c(c1)OCO2. The summed E-state index contributed by atoms with van der Waals surface area (Å²) in [6.07, 6.45) is 2.46. The minimum Gasteiger partial charge on any atom is -0.470 e. The van der Waals surface area contributed by atoms with Gasteiger partial charge < -0.3 is 38.9 Å². The number of benzene rings is 2. The molecule has 2 aliphatic heterocycles. The second-order valence-electron chi connectivity index (χ2n) is 7.39. The number of aromatic amines is 1. The first kappa shape index (κ1) is 22.2. The van der Waals surface area contributed by atoms with Gasteiger partial charge in [0.05, 0.1) is 13.2 Å². The zero-order chi connectivity index (χ0) is 23.2. The van der Waals surface area contributed by atoms with Crippen molar-refractivity contribution in [1.29, 1.82) is 0 Å². The van der Waals surface area contributed by atoms with Crippen LogP contribution in [0.15, 0.2) is 60.4 Å². The number of aliphatic hydroxyl groups is 1. The molecule has 0 radical (unpaired) electrons. The molecule has 0 fully saturated rings. The Hall–Kier alpha value is -3.98. The summed E-state index contributed by atoms with van der Waals surface area (Å²) in [5.41, 5.74) is 2.13. The lowest BCUT2D eigenvalue weighted by atomic mass is 10.1. The van der Waals surface area contributed by atoms with E-state index in [1.165, 1.54) is 4.90 Å². The number of carbonyl (C=O) groups excluding carboxylic acids is 2. The van der Waals surface area contributed by atoms with Crippen LogP contribution in [-0.2, 0) is 14.3 Å². The number of likely N-dealkylation sites (N-methyl/N-ethyl adjacent to an activating group) is 1. The number of carbonyl (C=O) groups is 2. The maximum Gasteiger partial charge on any atom is 0.274 e. The molecular formula is C24H25N3O6. The lowest BCUT2D eigenvalue weighted by molar-refractivity contribution is -0.131. The van der Waals surface area contributed by atoms with Crippen molar-refractivity contribution in [3.8, 4) is 11.5 Å². The van der Waals surface area contributed by atoms with Crippen molar-refractivity contribution in [2.75, 3.05) is 40.3 Å². The zero-order valence-electron chi connectivity index (χ0n) is 18.2. The third kappa shape index (κ3) is 4.63. The van der Waals surface area contributed by atoms with Crippen LogP contribution in [0.2, 0.25) is 0 Å². The van der Waals surface area contributed by atoms with Crippen molar-refractivity contribution >= 4 is 28.9 Å². The Balaban J connectivity index is 0.000000238. The van der Waals surface area contributed by atoms with Gasteiger partial charge >= 0.3 is 0 Å². The van der Waals surface area contributed by atoms with E-state index in [0.29, 0.717) is 24.5 Å². The van der Waals surface area contributed by atoms with Crippen molar-refractivity contribution in [3.63, 3.8) is 0 Å². The van der Waals surface area contributed by atoms with Crippen molar-refractivity contribution in [3.05, 3.63) is 66.0 Å². The summed E-state index contributed by atoms with van der Waals surface area (Å²) in [6.45, 7) is 0.428. The summed E-state index contributed by atoms with van der Waals surface area (Å²) >= 11 is 0. The molecule has 2 aliphatic rings. The summed E-state index contributed by atoms with van der Waals surface area (Å²) < 4.78 is 15.9. The van der Waals surface area contributed by atoms with Gasteiger partial charge in [0.1, 0.15) is 12.0 Å². The van der Waals surface area contributed by atoms with Gasteiger partial charge in [0.2, 0.25) is 6.79 Å². The number of amides is 1. The number of hydrogen-bond donors (Lipinski definition) is 2. The Morgan fingerprint density at radius 2 is 1.82 bits per heavy atom. The first-order valence-electron chi connectivity index (χ1n) is 10.5. The number of fused-ring (bicyclic) bond motifs is 2. The van der Waals surface area contributed by atoms with Crippen LogP contribution in [0.25, 0.3) is 16.7 Å². The average Bonchev–Trinajstić information content (AvgIpc) is 3.56. The highest BCUT2D eigenvalue weighted by molar-refractivity contribution is 6.04. The Morgan fingerprint density at radius 3 is 2.52 bits per heavy atom. The molecule has 2 N–H and O–H groups in total. The highest BCUT2D eigenvalue weighted by Gasteiger charge is 2.32. The molecule has 3 aromatic rings. The molecule has 2 aromatic carbocycles. The fraction of sp³-hybridized carbons (Fsp3) is 0.250. The number of nitrogens with zero attached hydrogens (tertiary/aromatic N) is 2. The van der Waals surface area contributed by atoms with Gasteiger partial charge in [0.25, 0.3) is 5.91 Å². The summed E-state index contributed by atoms with van der Waals surface area (Å²) in [4.78, 5) is 29.9. The first-order valence-corrected chi connectivity index (χ1v) is 10.5. The van der Waals surface area contributed by atoms with Crippen LogP contribution in [0.1, 0.15) is 5.56 Å². The summed E-state index contributed by atoms with van der Waals surface area (Å²) in [7, 11) is 1.76. The lowest BCUT2D eigenvalue weighted by Gasteiger charge is -2.22. The van der Waals surface area contributed by atoms with Crippen LogP contribution < -0.4 is 9.47 Å². The van der Waals surface area contributed by atoms with E-state index in [0.717, 1.165) is 28.0 Å². The molecule has 1 amide bonds. The normalized spacial score (nSPS) is 14.1. The Labute approximate surface area is 190 Å². The lowest BCUT2D eigenvalue weighted by Crippen LogP contribution is -2.39. The van der Waals surface area contributed by atoms with E-state index >= 15 is 0 Å². The molecule has 0 aliphatic carbocycles. The first-order chi connectivity index (χ1) is 16.1. The number of hydrogen-bond acceptors (Lipinski definition) is 7. The maximum absolute atomic E-state index is 12.8. The van der Waals surface area contributed by atoms with Gasteiger partial charge in [-0.3, -0.25) is 4.79 Å². The highest BCUT2D eigenvalue weighted by atomic mass is 16.7. The second-order valence-corrected chi connectivity index (χ2v) is 7.39. The number of para-hydroxylation sites is 3. The molecule has 3 heterocycles. The monoisotopic (exact) mass is 451 g/mol. The van der Waals surface area contributed by atoms with E-state index in [-0.39, 0.29) is 32.3 Å². The number of aldehydes is 1. The Morgan fingerprint density at radius 1 is 1.12 bits per heavy atom. The molecule has 9 heteroatoms. The molecule has 5 rings (SSSR count). The van der Waals surface area contributed by atoms with Gasteiger partial charge in [-0.2, -0.15) is 0 Å². The average molecular weight is 451 g/mol. The largest absolute Gasteiger partial charge is 0.470 e. The van der Waals surface area contributed by atoms with E-state index in [9.17, 15) is 9.59 Å². The molecule has 0 bridgehead atoms. The number of nitrogens with one attached hydrogen (secondary N) is 1. The molecule has 33 heavy (non-hydrogen) atoms. The van der Waals surface area contributed by atoms with Crippen molar-refractivity contribution in [1.82, 2.24) is 14.8 Å². The van der Waals surface area contributed by atoms with E-state index in [1.54, 1.807) is 11.9 Å². The molecule has 0 saturated heterocycles. The number of H-pyrrole nitrogens is 1. The Bertz CT molecular complexity index is 1150. The van der Waals surface area contributed by atoms with E-state index in [1.807, 2.05) is 54.7 Å². The third-order valence-electron chi connectivity index (χ3n) is 5.27. The molecule has 0 saturated carbocycles. The molecular weight excluding hydrogens is 426 g/mol. The van der Waals surface area contributed by atoms with Gasteiger partial charge in [0, 0.05) is 36.3 Å². The highest BCUT2D eigenvalue weighted by Crippen LogP contribution is 2.33. The fourth-order valence-corrected chi connectivity index (χ4v) is 3.67. The number of aliphatic hydroxyl groups excluding tert-OH is 1. The van der Waals surface area contributed by atoms with Crippen LogP contribution in [-0.4, -0.2) is 72.4 Å². The van der Waals surface area contributed by atoms with E-state index in [2.05, 4.69) is 4.98 Å². The van der Waals surface area contributed by atoms with Crippen LogP contribution in [0.5, 0.6) is 11.5 Å². The van der Waals surface area contributed by atoms with Gasteiger partial charge in [-0.25, -0.2) is 0 Å². The minimum absolute atomic E-state index is 0.0715. The minimum atomic E-state index is -0.337. The molecule has 0 spiro atoms. The van der Waals surface area contributed by atoms with Crippen LogP contribution in [0.4, 0.5) is 0 Å². The standard InChI is InChI=1S/C17H19N3O4.C7H6O2/c1-19-11-24-16(13-10-18-14-5-3-2-4-12(13)14)15(19)17(23)20(6-8-21)7-9-22;1-2-4-7-6(3-1)8-5-9-7/h2-5,8,10,18,22H,6-7,9,11H2,1H3;1-4H,5H2. The number of rotatable bonds is 6. The zero-order valence-corrected chi connectivity index (χ0v) is 18.2. The molecule has 0 unspecified atom stereocenters. The number of aromatic nitrogens is 1. The third-order valence-corrected chi connectivity index (χ3v) is 5.27. The number of ether oxygens (including phenoxy) is 3. The van der Waals surface area contributed by atoms with Crippen molar-refractivity contribution < 1.29 is 28.9 Å². The van der Waals surface area contributed by atoms with E-state index in [4.69, 9.17) is 19.3 Å².